The maximum Gasteiger partial charge on any atom is 0.222 e. The third kappa shape index (κ3) is 4.07. The van der Waals surface area contributed by atoms with Crippen LogP contribution in [0.5, 0.6) is 0 Å². The van der Waals surface area contributed by atoms with Crippen molar-refractivity contribution >= 4 is 5.91 Å². The van der Waals surface area contributed by atoms with E-state index in [-0.39, 0.29) is 11.4 Å². The predicted molar refractivity (Wildman–Crippen MR) is 77.6 cm³/mol. The lowest BCUT2D eigenvalue weighted by Crippen LogP contribution is -2.45. The van der Waals surface area contributed by atoms with Crippen LogP contribution in [0.4, 0.5) is 0 Å². The minimum Gasteiger partial charge on any atom is -0.352 e. The van der Waals surface area contributed by atoms with E-state index < -0.39 is 0 Å². The Bertz CT molecular complexity index is 513. The summed E-state index contributed by atoms with van der Waals surface area (Å²) in [4.78, 5) is 12.0. The average molecular weight is 271 g/mol. The minimum atomic E-state index is -0.323. The van der Waals surface area contributed by atoms with Gasteiger partial charge in [-0.1, -0.05) is 31.4 Å². The van der Waals surface area contributed by atoms with Gasteiger partial charge in [-0.25, -0.2) is 0 Å². The molecule has 0 atom stereocenters. The first kappa shape index (κ1) is 14.5. The molecule has 3 N–H and O–H groups in total. The Kier molecular flexibility index (Phi) is 4.75. The molecule has 0 radical (unpaired) electrons. The van der Waals surface area contributed by atoms with Crippen LogP contribution in [0.3, 0.4) is 0 Å². The normalized spacial score (nSPS) is 17.2. The highest BCUT2D eigenvalue weighted by Gasteiger charge is 2.29. The van der Waals surface area contributed by atoms with Gasteiger partial charge in [-0.05, 0) is 30.5 Å². The first-order chi connectivity index (χ1) is 9.61. The summed E-state index contributed by atoms with van der Waals surface area (Å²) in [5.41, 5.74) is 7.50. The number of benzene rings is 1. The van der Waals surface area contributed by atoms with Crippen molar-refractivity contribution < 1.29 is 4.79 Å². The maximum atomic E-state index is 12.0. The number of nitriles is 1. The molecule has 1 fully saturated rings. The van der Waals surface area contributed by atoms with Crippen molar-refractivity contribution in [2.24, 2.45) is 5.73 Å². The SMILES string of the molecule is N#Cc1cccc(CNC(=O)CC2(N)CCCCC2)c1. The molecule has 1 amide bonds. The molecule has 0 unspecified atom stereocenters. The van der Waals surface area contributed by atoms with Crippen molar-refractivity contribution in [2.45, 2.75) is 50.6 Å². The van der Waals surface area contributed by atoms with Gasteiger partial charge >= 0.3 is 0 Å². The molecule has 2 rings (SSSR count). The zero-order valence-corrected chi connectivity index (χ0v) is 11.7. The highest BCUT2D eigenvalue weighted by molar-refractivity contribution is 5.77. The number of hydrogen-bond acceptors (Lipinski definition) is 3. The number of rotatable bonds is 4. The van der Waals surface area contributed by atoms with Crippen LogP contribution in [-0.2, 0) is 11.3 Å². The highest BCUT2D eigenvalue weighted by Crippen LogP contribution is 2.28. The van der Waals surface area contributed by atoms with E-state index >= 15 is 0 Å². The molecule has 1 aliphatic rings. The summed E-state index contributed by atoms with van der Waals surface area (Å²) in [5, 5.41) is 11.7. The fraction of sp³-hybridized carbons (Fsp3) is 0.500. The Morgan fingerprint density at radius 3 is 2.80 bits per heavy atom. The second-order valence-electron chi connectivity index (χ2n) is 5.69. The van der Waals surface area contributed by atoms with Crippen LogP contribution in [0.15, 0.2) is 24.3 Å². The van der Waals surface area contributed by atoms with Crippen molar-refractivity contribution in [2.75, 3.05) is 0 Å². The zero-order chi connectivity index (χ0) is 14.4. The number of nitrogens with zero attached hydrogens (tertiary/aromatic N) is 1. The molecule has 0 saturated heterocycles. The van der Waals surface area contributed by atoms with Crippen molar-refractivity contribution in [1.29, 1.82) is 5.26 Å². The van der Waals surface area contributed by atoms with E-state index in [9.17, 15) is 4.79 Å². The fourth-order valence-corrected chi connectivity index (χ4v) is 2.77. The molecule has 1 aliphatic carbocycles. The molecule has 4 heteroatoms. The van der Waals surface area contributed by atoms with Crippen LogP contribution in [0.25, 0.3) is 0 Å². The van der Waals surface area contributed by atoms with Gasteiger partial charge in [0.05, 0.1) is 11.6 Å². The Morgan fingerprint density at radius 2 is 2.10 bits per heavy atom. The molecule has 4 nitrogen and oxygen atoms in total. The van der Waals surface area contributed by atoms with E-state index in [2.05, 4.69) is 11.4 Å². The van der Waals surface area contributed by atoms with E-state index in [1.54, 1.807) is 12.1 Å². The second kappa shape index (κ2) is 6.53. The molecule has 0 spiro atoms. The van der Waals surface area contributed by atoms with Crippen molar-refractivity contribution in [3.63, 3.8) is 0 Å². The van der Waals surface area contributed by atoms with Crippen LogP contribution in [0, 0.1) is 11.3 Å². The minimum absolute atomic E-state index is 0.00300. The van der Waals surface area contributed by atoms with Gasteiger partial charge in [0.15, 0.2) is 0 Å². The Hall–Kier alpha value is -1.86. The predicted octanol–water partition coefficient (Wildman–Crippen LogP) is 2.23. The van der Waals surface area contributed by atoms with Gasteiger partial charge in [0.1, 0.15) is 0 Å². The second-order valence-corrected chi connectivity index (χ2v) is 5.69. The standard InChI is InChI=1S/C16H21N3O/c17-11-13-5-4-6-14(9-13)12-19-15(20)10-16(18)7-2-1-3-8-16/h4-6,9H,1-3,7-8,10,12,18H2,(H,19,20). The van der Waals surface area contributed by atoms with Crippen LogP contribution in [0.2, 0.25) is 0 Å². The summed E-state index contributed by atoms with van der Waals surface area (Å²) in [6.45, 7) is 0.449. The number of carbonyl (C=O) groups is 1. The summed E-state index contributed by atoms with van der Waals surface area (Å²) in [6.07, 6.45) is 5.73. The van der Waals surface area contributed by atoms with Gasteiger partial charge < -0.3 is 11.1 Å². The molecule has 106 valence electrons. The lowest BCUT2D eigenvalue weighted by Gasteiger charge is -2.32. The number of carbonyl (C=O) groups excluding carboxylic acids is 1. The maximum absolute atomic E-state index is 12.0. The third-order valence-corrected chi connectivity index (χ3v) is 3.91. The number of amides is 1. The smallest absolute Gasteiger partial charge is 0.222 e. The Balaban J connectivity index is 1.84. The van der Waals surface area contributed by atoms with E-state index in [1.807, 2.05) is 12.1 Å². The highest BCUT2D eigenvalue weighted by atomic mass is 16.1. The van der Waals surface area contributed by atoms with Crippen LogP contribution >= 0.6 is 0 Å². The first-order valence-electron chi connectivity index (χ1n) is 7.16. The van der Waals surface area contributed by atoms with Gasteiger partial charge in [-0.15, -0.1) is 0 Å². The molecule has 0 heterocycles. The summed E-state index contributed by atoms with van der Waals surface area (Å²) in [7, 11) is 0. The van der Waals surface area contributed by atoms with Crippen LogP contribution in [0.1, 0.15) is 49.7 Å². The lowest BCUT2D eigenvalue weighted by molar-refractivity contribution is -0.122. The van der Waals surface area contributed by atoms with Gasteiger partial charge in [-0.3, -0.25) is 4.79 Å². The van der Waals surface area contributed by atoms with Gasteiger partial charge in [0.25, 0.3) is 0 Å². The van der Waals surface area contributed by atoms with Gasteiger partial charge in [-0.2, -0.15) is 5.26 Å². The number of hydrogen-bond donors (Lipinski definition) is 2. The molecule has 1 aromatic carbocycles. The molecule has 20 heavy (non-hydrogen) atoms. The summed E-state index contributed by atoms with van der Waals surface area (Å²) < 4.78 is 0. The molecule has 0 bridgehead atoms. The van der Waals surface area contributed by atoms with E-state index in [0.717, 1.165) is 31.2 Å². The Morgan fingerprint density at radius 1 is 1.35 bits per heavy atom. The monoisotopic (exact) mass is 271 g/mol. The fourth-order valence-electron chi connectivity index (χ4n) is 2.77. The number of nitrogens with two attached hydrogens (primary N) is 1. The molecule has 1 saturated carbocycles. The van der Waals surface area contributed by atoms with Crippen LogP contribution < -0.4 is 11.1 Å². The topological polar surface area (TPSA) is 78.9 Å². The van der Waals surface area contributed by atoms with Crippen LogP contribution in [-0.4, -0.2) is 11.4 Å². The quantitative estimate of drug-likeness (QED) is 0.881. The van der Waals surface area contributed by atoms with Crippen molar-refractivity contribution in [3.05, 3.63) is 35.4 Å². The molecule has 1 aromatic rings. The third-order valence-electron chi connectivity index (χ3n) is 3.91. The van der Waals surface area contributed by atoms with E-state index in [1.165, 1.54) is 6.42 Å². The molecule has 0 aromatic heterocycles. The summed E-state index contributed by atoms with van der Waals surface area (Å²) in [6, 6.07) is 9.36. The van der Waals surface area contributed by atoms with E-state index in [0.29, 0.717) is 18.5 Å². The van der Waals surface area contributed by atoms with E-state index in [4.69, 9.17) is 11.0 Å². The van der Waals surface area contributed by atoms with Crippen molar-refractivity contribution in [1.82, 2.24) is 5.32 Å². The number of nitrogens with one attached hydrogen (secondary N) is 1. The molecular weight excluding hydrogens is 250 g/mol. The zero-order valence-electron chi connectivity index (χ0n) is 11.7. The molecular formula is C16H21N3O. The summed E-state index contributed by atoms with van der Waals surface area (Å²) >= 11 is 0. The first-order valence-corrected chi connectivity index (χ1v) is 7.16. The largest absolute Gasteiger partial charge is 0.352 e. The van der Waals surface area contributed by atoms with Gasteiger partial charge in [0, 0.05) is 18.5 Å². The van der Waals surface area contributed by atoms with Crippen molar-refractivity contribution in [3.8, 4) is 6.07 Å². The Labute approximate surface area is 120 Å². The summed E-state index contributed by atoms with van der Waals surface area (Å²) in [5.74, 6) is -0.00300. The lowest BCUT2D eigenvalue weighted by atomic mass is 9.80. The van der Waals surface area contributed by atoms with Gasteiger partial charge in [0.2, 0.25) is 5.91 Å². The average Bonchev–Trinajstić information content (AvgIpc) is 2.45. The molecule has 0 aliphatic heterocycles.